The number of benzene rings is 1. The molecule has 0 aliphatic carbocycles. The number of rotatable bonds is 3. The highest BCUT2D eigenvalue weighted by molar-refractivity contribution is 8.13. The normalized spacial score (nSPS) is 11.9. The van der Waals surface area contributed by atoms with E-state index in [2.05, 4.69) is 5.10 Å². The number of aryl methyl sites for hydroxylation is 1. The molecule has 1 aromatic heterocycles. The molecule has 0 aliphatic heterocycles. The fourth-order valence-electron chi connectivity index (χ4n) is 1.77. The van der Waals surface area contributed by atoms with Crippen LogP contribution < -0.4 is 0 Å². The summed E-state index contributed by atoms with van der Waals surface area (Å²) in [7, 11) is 3.08. The van der Waals surface area contributed by atoms with Gasteiger partial charge in [-0.15, -0.1) is 11.8 Å². The van der Waals surface area contributed by atoms with E-state index in [9.17, 15) is 8.42 Å². The summed E-state index contributed by atoms with van der Waals surface area (Å²) < 4.78 is 24.7. The van der Waals surface area contributed by atoms with Crippen molar-refractivity contribution >= 4 is 66.3 Å². The van der Waals surface area contributed by atoms with Gasteiger partial charge in [-0.1, -0.05) is 34.8 Å². The number of hydrogen-bond acceptors (Lipinski definition) is 4. The van der Waals surface area contributed by atoms with Crippen molar-refractivity contribution in [1.29, 1.82) is 0 Å². The topological polar surface area (TPSA) is 52.0 Å². The summed E-state index contributed by atoms with van der Waals surface area (Å²) in [5.41, 5.74) is 0.716. The van der Waals surface area contributed by atoms with Crippen LogP contribution >= 0.6 is 57.2 Å². The Labute approximate surface area is 145 Å². The van der Waals surface area contributed by atoms with Crippen molar-refractivity contribution in [2.75, 3.05) is 6.26 Å². The van der Waals surface area contributed by atoms with E-state index < -0.39 is 9.05 Å². The van der Waals surface area contributed by atoms with E-state index in [0.717, 1.165) is 5.03 Å². The molecule has 10 heteroatoms. The zero-order valence-electron chi connectivity index (χ0n) is 10.7. The number of halogens is 4. The van der Waals surface area contributed by atoms with Crippen LogP contribution in [0.2, 0.25) is 15.1 Å². The standard InChI is InChI=1S/C11H8Cl4N2O2S2/c1-17-11(20-2)9(14)10(16-17)5-3-8(21(15,18)19)7(13)4-6(5)12/h3-4H,1-2H3. The molecule has 0 atom stereocenters. The Morgan fingerprint density at radius 1 is 1.19 bits per heavy atom. The van der Waals surface area contributed by atoms with Gasteiger partial charge in [0.2, 0.25) is 0 Å². The summed E-state index contributed by atoms with van der Waals surface area (Å²) in [4.78, 5) is -0.238. The Kier molecular flexibility index (Phi) is 5.08. The SMILES string of the molecule is CSc1c(Cl)c(-c2cc(S(=O)(=O)Cl)c(Cl)cc2Cl)nn1C. The number of nitrogens with zero attached hydrogens (tertiary/aromatic N) is 2. The molecule has 1 aromatic carbocycles. The van der Waals surface area contributed by atoms with Gasteiger partial charge in [0.05, 0.1) is 10.0 Å². The molecule has 114 valence electrons. The summed E-state index contributed by atoms with van der Waals surface area (Å²) in [6.07, 6.45) is 1.85. The zero-order valence-corrected chi connectivity index (χ0v) is 15.4. The Morgan fingerprint density at radius 3 is 2.29 bits per heavy atom. The van der Waals surface area contributed by atoms with Gasteiger partial charge in [-0.25, -0.2) is 8.42 Å². The van der Waals surface area contributed by atoms with Crippen molar-refractivity contribution < 1.29 is 8.42 Å². The molecule has 0 unspecified atom stereocenters. The predicted molar refractivity (Wildman–Crippen MR) is 88.5 cm³/mol. The number of thioether (sulfide) groups is 1. The average molecular weight is 406 g/mol. The lowest BCUT2D eigenvalue weighted by Gasteiger charge is -2.06. The van der Waals surface area contributed by atoms with Gasteiger partial charge >= 0.3 is 0 Å². The molecule has 21 heavy (non-hydrogen) atoms. The molecule has 1 heterocycles. The molecule has 0 fully saturated rings. The second kappa shape index (κ2) is 6.18. The van der Waals surface area contributed by atoms with Crippen LogP contribution in [0.4, 0.5) is 0 Å². The lowest BCUT2D eigenvalue weighted by atomic mass is 10.1. The molecule has 0 aliphatic rings. The second-order valence-corrected chi connectivity index (χ2v) is 8.52. The van der Waals surface area contributed by atoms with E-state index in [1.165, 1.54) is 23.9 Å². The summed E-state index contributed by atoms with van der Waals surface area (Å²) in [5, 5.41) is 5.55. The van der Waals surface area contributed by atoms with Crippen molar-refractivity contribution in [1.82, 2.24) is 9.78 Å². The van der Waals surface area contributed by atoms with Crippen LogP contribution in [0.3, 0.4) is 0 Å². The van der Waals surface area contributed by atoms with Crippen LogP contribution in [0, 0.1) is 0 Å². The molecule has 0 radical (unpaired) electrons. The van der Waals surface area contributed by atoms with E-state index >= 15 is 0 Å². The summed E-state index contributed by atoms with van der Waals surface area (Å²) in [6.45, 7) is 0. The van der Waals surface area contributed by atoms with Crippen molar-refractivity contribution in [2.45, 2.75) is 9.92 Å². The van der Waals surface area contributed by atoms with E-state index in [4.69, 9.17) is 45.5 Å². The Hall–Kier alpha value is -0.110. The third kappa shape index (κ3) is 3.30. The maximum absolute atomic E-state index is 11.5. The lowest BCUT2D eigenvalue weighted by molar-refractivity contribution is 0.609. The molecular weight excluding hydrogens is 398 g/mol. The van der Waals surface area contributed by atoms with E-state index in [0.29, 0.717) is 16.3 Å². The monoisotopic (exact) mass is 404 g/mol. The minimum absolute atomic E-state index is 0.0594. The lowest BCUT2D eigenvalue weighted by Crippen LogP contribution is -1.95. The summed E-state index contributed by atoms with van der Waals surface area (Å²) in [6, 6.07) is 2.57. The first-order valence-corrected chi connectivity index (χ1v) is 10.0. The maximum Gasteiger partial charge on any atom is 0.262 e. The van der Waals surface area contributed by atoms with Crippen LogP contribution in [0.5, 0.6) is 0 Å². The van der Waals surface area contributed by atoms with Crippen molar-refractivity contribution in [3.63, 3.8) is 0 Å². The molecule has 0 bridgehead atoms. The zero-order chi connectivity index (χ0) is 15.9. The minimum Gasteiger partial charge on any atom is -0.260 e. The first-order valence-electron chi connectivity index (χ1n) is 5.37. The van der Waals surface area contributed by atoms with Gasteiger partial charge in [0, 0.05) is 23.3 Å². The predicted octanol–water partition coefficient (Wildman–Crippen LogP) is 4.70. The van der Waals surface area contributed by atoms with Crippen LogP contribution in [0.15, 0.2) is 22.1 Å². The largest absolute Gasteiger partial charge is 0.262 e. The molecule has 2 aromatic rings. The number of hydrogen-bond donors (Lipinski definition) is 0. The molecule has 4 nitrogen and oxygen atoms in total. The first kappa shape index (κ1) is 17.2. The van der Waals surface area contributed by atoms with Gasteiger partial charge in [0.15, 0.2) is 0 Å². The van der Waals surface area contributed by atoms with E-state index in [1.807, 2.05) is 6.26 Å². The highest BCUT2D eigenvalue weighted by Crippen LogP contribution is 2.40. The smallest absolute Gasteiger partial charge is 0.260 e. The first-order chi connectivity index (χ1) is 9.66. The molecule has 0 N–H and O–H groups in total. The van der Waals surface area contributed by atoms with Crippen molar-refractivity contribution in [3.8, 4) is 11.3 Å². The van der Waals surface area contributed by atoms with Crippen LogP contribution in [-0.2, 0) is 16.1 Å². The highest BCUT2D eigenvalue weighted by atomic mass is 35.7. The third-order valence-electron chi connectivity index (χ3n) is 2.67. The molecular formula is C11H8Cl4N2O2S2. The molecule has 0 saturated carbocycles. The van der Waals surface area contributed by atoms with Gasteiger partial charge in [-0.3, -0.25) is 4.68 Å². The Morgan fingerprint density at radius 2 is 1.81 bits per heavy atom. The fraction of sp³-hybridized carbons (Fsp3) is 0.182. The van der Waals surface area contributed by atoms with Gasteiger partial charge < -0.3 is 0 Å². The molecule has 0 saturated heterocycles. The molecule has 0 amide bonds. The van der Waals surface area contributed by atoms with Gasteiger partial charge in [0.25, 0.3) is 9.05 Å². The third-order valence-corrected chi connectivity index (χ3v) is 6.10. The summed E-state index contributed by atoms with van der Waals surface area (Å²) >= 11 is 19.7. The van der Waals surface area contributed by atoms with E-state index in [-0.39, 0.29) is 14.9 Å². The minimum atomic E-state index is -4.00. The van der Waals surface area contributed by atoms with E-state index in [1.54, 1.807) is 11.7 Å². The number of aromatic nitrogens is 2. The Bertz CT molecular complexity index is 818. The summed E-state index contributed by atoms with van der Waals surface area (Å²) in [5.74, 6) is 0. The Balaban J connectivity index is 2.76. The van der Waals surface area contributed by atoms with Gasteiger partial charge in [-0.2, -0.15) is 5.10 Å². The molecule has 2 rings (SSSR count). The molecule has 0 spiro atoms. The highest BCUT2D eigenvalue weighted by Gasteiger charge is 2.22. The maximum atomic E-state index is 11.5. The van der Waals surface area contributed by atoms with Gasteiger partial charge in [-0.05, 0) is 18.4 Å². The quantitative estimate of drug-likeness (QED) is 0.548. The fourth-order valence-corrected chi connectivity index (χ4v) is 4.68. The van der Waals surface area contributed by atoms with Crippen LogP contribution in [0.1, 0.15) is 0 Å². The second-order valence-electron chi connectivity index (χ2n) is 4.00. The van der Waals surface area contributed by atoms with Crippen molar-refractivity contribution in [2.24, 2.45) is 7.05 Å². The average Bonchev–Trinajstić information content (AvgIpc) is 2.62. The van der Waals surface area contributed by atoms with Crippen LogP contribution in [0.25, 0.3) is 11.3 Å². The van der Waals surface area contributed by atoms with Crippen molar-refractivity contribution in [3.05, 3.63) is 27.2 Å². The van der Waals surface area contributed by atoms with Gasteiger partial charge in [0.1, 0.15) is 20.6 Å². The van der Waals surface area contributed by atoms with Crippen LogP contribution in [-0.4, -0.2) is 24.5 Å².